The standard InChI is InChI=1S/C69H131NO3/c1-3-5-7-9-11-13-15-17-19-21-23-25-27-29-31-33-35-37-39-41-43-45-47-49-51-53-55-57-59-61-63-65-69(73)70-67(66-71)68(72)64-62-60-58-56-54-52-50-48-46-44-42-40-38-36-34-32-30-28-26-24-22-20-18-16-14-12-10-8-6-4-2/h21,23,46,48,54,56,62,64,67-68,71-72H,3-20,22,24-45,47,49-53,55,57-61,63,65-66H2,1-2H3,(H,70,73)/b23-21-,48-46+,56-54+,64-62+. The van der Waals surface area contributed by atoms with Gasteiger partial charge in [-0.25, -0.2) is 0 Å². The number of carbonyl (C=O) groups excluding carboxylic acids is 1. The summed E-state index contributed by atoms with van der Waals surface area (Å²) in [4.78, 5) is 12.5. The molecule has 4 nitrogen and oxygen atoms in total. The second kappa shape index (κ2) is 64.6. The summed E-state index contributed by atoms with van der Waals surface area (Å²) in [6.07, 6.45) is 90.5. The molecule has 0 aromatic rings. The molecule has 2 atom stereocenters. The molecule has 0 aromatic heterocycles. The van der Waals surface area contributed by atoms with Gasteiger partial charge in [0, 0.05) is 6.42 Å². The predicted molar refractivity (Wildman–Crippen MR) is 327 cm³/mol. The molecule has 0 aliphatic rings. The summed E-state index contributed by atoms with van der Waals surface area (Å²) in [6.45, 7) is 4.33. The summed E-state index contributed by atoms with van der Waals surface area (Å²) in [5, 5.41) is 23.2. The third kappa shape index (κ3) is 61.1. The molecule has 0 radical (unpaired) electrons. The fraction of sp³-hybridized carbons (Fsp3) is 0.870. The van der Waals surface area contributed by atoms with Crippen LogP contribution in [0.2, 0.25) is 0 Å². The lowest BCUT2D eigenvalue weighted by Crippen LogP contribution is -2.45. The van der Waals surface area contributed by atoms with Gasteiger partial charge in [0.2, 0.25) is 5.91 Å². The van der Waals surface area contributed by atoms with E-state index in [1.165, 1.54) is 308 Å². The lowest BCUT2D eigenvalue weighted by Gasteiger charge is -2.19. The Kier molecular flexibility index (Phi) is 63.2. The highest BCUT2D eigenvalue weighted by molar-refractivity contribution is 5.76. The van der Waals surface area contributed by atoms with Crippen LogP contribution >= 0.6 is 0 Å². The van der Waals surface area contributed by atoms with Crippen LogP contribution in [0.1, 0.15) is 367 Å². The van der Waals surface area contributed by atoms with E-state index < -0.39 is 12.1 Å². The molecule has 3 N–H and O–H groups in total. The van der Waals surface area contributed by atoms with Gasteiger partial charge >= 0.3 is 0 Å². The minimum atomic E-state index is -0.872. The Morgan fingerprint density at radius 3 is 0.795 bits per heavy atom. The number of allylic oxidation sites excluding steroid dienone is 7. The van der Waals surface area contributed by atoms with Gasteiger partial charge in [-0.05, 0) is 70.6 Å². The Bertz CT molecular complexity index is 1160. The summed E-state index contributed by atoms with van der Waals surface area (Å²) < 4.78 is 0. The van der Waals surface area contributed by atoms with Crippen molar-refractivity contribution in [3.63, 3.8) is 0 Å². The number of aliphatic hydroxyl groups is 2. The van der Waals surface area contributed by atoms with Crippen LogP contribution < -0.4 is 5.32 Å². The number of nitrogens with one attached hydrogen (secondary N) is 1. The molecule has 2 unspecified atom stereocenters. The second-order valence-electron chi connectivity index (χ2n) is 22.9. The predicted octanol–water partition coefficient (Wildman–Crippen LogP) is 22.5. The van der Waals surface area contributed by atoms with Crippen LogP contribution in [0.4, 0.5) is 0 Å². The second-order valence-corrected chi connectivity index (χ2v) is 22.9. The van der Waals surface area contributed by atoms with Gasteiger partial charge < -0.3 is 15.5 Å². The molecule has 1 amide bonds. The Balaban J connectivity index is 3.49. The van der Waals surface area contributed by atoms with Gasteiger partial charge in [0.25, 0.3) is 0 Å². The van der Waals surface area contributed by atoms with Gasteiger partial charge in [-0.3, -0.25) is 4.79 Å². The van der Waals surface area contributed by atoms with E-state index in [-0.39, 0.29) is 12.5 Å². The first-order valence-corrected chi connectivity index (χ1v) is 33.4. The van der Waals surface area contributed by atoms with Crippen molar-refractivity contribution in [1.29, 1.82) is 0 Å². The molecule has 0 heterocycles. The zero-order valence-corrected chi connectivity index (χ0v) is 49.7. The van der Waals surface area contributed by atoms with E-state index in [1.807, 2.05) is 6.08 Å². The third-order valence-electron chi connectivity index (χ3n) is 15.5. The van der Waals surface area contributed by atoms with E-state index in [0.29, 0.717) is 6.42 Å². The molecule has 4 heteroatoms. The van der Waals surface area contributed by atoms with Gasteiger partial charge in [-0.1, -0.05) is 339 Å². The van der Waals surface area contributed by atoms with Crippen molar-refractivity contribution in [2.24, 2.45) is 0 Å². The molecule has 0 aliphatic carbocycles. The van der Waals surface area contributed by atoms with Crippen molar-refractivity contribution in [1.82, 2.24) is 5.32 Å². The molecule has 0 fully saturated rings. The van der Waals surface area contributed by atoms with Gasteiger partial charge in [-0.2, -0.15) is 0 Å². The minimum absolute atomic E-state index is 0.0716. The largest absolute Gasteiger partial charge is 0.394 e. The molecular weight excluding hydrogens is 891 g/mol. The van der Waals surface area contributed by atoms with Crippen molar-refractivity contribution in [3.05, 3.63) is 48.6 Å². The first-order valence-electron chi connectivity index (χ1n) is 33.4. The molecule has 0 bridgehead atoms. The van der Waals surface area contributed by atoms with Gasteiger partial charge in [0.15, 0.2) is 0 Å². The van der Waals surface area contributed by atoms with Crippen LogP contribution in [0, 0.1) is 0 Å². The summed E-state index contributed by atoms with van der Waals surface area (Å²) in [6, 6.07) is -0.647. The zero-order valence-electron chi connectivity index (χ0n) is 49.7. The summed E-state index contributed by atoms with van der Waals surface area (Å²) in [5.74, 6) is -0.0716. The Labute approximate surface area is 458 Å². The Morgan fingerprint density at radius 1 is 0.315 bits per heavy atom. The number of carbonyl (C=O) groups is 1. The van der Waals surface area contributed by atoms with Crippen molar-refractivity contribution >= 4 is 5.91 Å². The molecule has 0 spiro atoms. The number of hydrogen-bond acceptors (Lipinski definition) is 3. The lowest BCUT2D eigenvalue weighted by atomic mass is 10.0. The average Bonchev–Trinajstić information content (AvgIpc) is 3.40. The fourth-order valence-corrected chi connectivity index (χ4v) is 10.4. The Morgan fingerprint density at radius 2 is 0.534 bits per heavy atom. The van der Waals surface area contributed by atoms with Crippen LogP contribution in [0.3, 0.4) is 0 Å². The van der Waals surface area contributed by atoms with Crippen molar-refractivity contribution in [2.75, 3.05) is 6.61 Å². The summed E-state index contributed by atoms with van der Waals surface area (Å²) in [5.41, 5.74) is 0. The highest BCUT2D eigenvalue weighted by Crippen LogP contribution is 2.18. The zero-order chi connectivity index (χ0) is 52.7. The molecule has 0 rings (SSSR count). The van der Waals surface area contributed by atoms with Crippen LogP contribution in [0.15, 0.2) is 48.6 Å². The number of rotatable bonds is 62. The highest BCUT2D eigenvalue weighted by atomic mass is 16.3. The number of amides is 1. The van der Waals surface area contributed by atoms with E-state index >= 15 is 0 Å². The molecule has 0 aromatic carbocycles. The van der Waals surface area contributed by atoms with Crippen LogP contribution in [0.5, 0.6) is 0 Å². The van der Waals surface area contributed by atoms with Crippen molar-refractivity contribution in [2.45, 2.75) is 379 Å². The average molecular weight is 1020 g/mol. The van der Waals surface area contributed by atoms with E-state index in [4.69, 9.17) is 0 Å². The van der Waals surface area contributed by atoms with Gasteiger partial charge in [0.05, 0.1) is 18.8 Å². The van der Waals surface area contributed by atoms with E-state index in [2.05, 4.69) is 55.6 Å². The Hall–Kier alpha value is -1.65. The maximum atomic E-state index is 12.5. The fourth-order valence-electron chi connectivity index (χ4n) is 10.4. The molecule has 430 valence electrons. The van der Waals surface area contributed by atoms with E-state index in [1.54, 1.807) is 6.08 Å². The summed E-state index contributed by atoms with van der Waals surface area (Å²) >= 11 is 0. The molecule has 0 saturated carbocycles. The maximum Gasteiger partial charge on any atom is 0.220 e. The summed E-state index contributed by atoms with van der Waals surface area (Å²) in [7, 11) is 0. The molecule has 0 saturated heterocycles. The first kappa shape index (κ1) is 71.3. The first-order chi connectivity index (χ1) is 36.2. The van der Waals surface area contributed by atoms with Crippen LogP contribution in [0.25, 0.3) is 0 Å². The highest BCUT2D eigenvalue weighted by Gasteiger charge is 2.18. The third-order valence-corrected chi connectivity index (χ3v) is 15.5. The molecular formula is C69H131NO3. The van der Waals surface area contributed by atoms with Crippen molar-refractivity contribution < 1.29 is 15.0 Å². The quantitative estimate of drug-likeness (QED) is 0.0420. The number of hydrogen-bond donors (Lipinski definition) is 3. The molecule has 73 heavy (non-hydrogen) atoms. The van der Waals surface area contributed by atoms with E-state index in [0.717, 1.165) is 38.5 Å². The topological polar surface area (TPSA) is 69.6 Å². The lowest BCUT2D eigenvalue weighted by molar-refractivity contribution is -0.123. The molecule has 0 aliphatic heterocycles. The van der Waals surface area contributed by atoms with Gasteiger partial charge in [0.1, 0.15) is 0 Å². The van der Waals surface area contributed by atoms with E-state index in [9.17, 15) is 15.0 Å². The van der Waals surface area contributed by atoms with Gasteiger partial charge in [-0.15, -0.1) is 0 Å². The SMILES string of the molecule is CCCCCCCCCC/C=C\CCCCCCCCCCCCCCCCCCCCCC(=O)NC(CO)C(O)/C=C/CC/C=C/CC/C=C/CCCCCCCCCCCCCCCCCCCCCC. The normalized spacial score (nSPS) is 13.0. The van der Waals surface area contributed by atoms with Crippen LogP contribution in [-0.4, -0.2) is 34.9 Å². The minimum Gasteiger partial charge on any atom is -0.394 e. The van der Waals surface area contributed by atoms with Crippen LogP contribution in [-0.2, 0) is 4.79 Å². The monoisotopic (exact) mass is 1020 g/mol. The van der Waals surface area contributed by atoms with Crippen molar-refractivity contribution in [3.8, 4) is 0 Å². The smallest absolute Gasteiger partial charge is 0.220 e. The number of unbranched alkanes of at least 4 members (excludes halogenated alkanes) is 49. The maximum absolute atomic E-state index is 12.5. The number of aliphatic hydroxyl groups excluding tert-OH is 2.